The Morgan fingerprint density at radius 3 is 2.75 bits per heavy atom. The van der Waals surface area contributed by atoms with Crippen LogP contribution in [-0.2, 0) is 6.54 Å². The largest absolute Gasteiger partial charge is 0.398 e. The molecule has 0 unspecified atom stereocenters. The summed E-state index contributed by atoms with van der Waals surface area (Å²) in [5, 5.41) is 7.78. The quantitative estimate of drug-likeness (QED) is 0.794. The second-order valence-electron chi connectivity index (χ2n) is 3.95. The fourth-order valence-corrected chi connectivity index (χ4v) is 2.46. The molecule has 3 heteroatoms. The number of hydrogen-bond donors (Lipinski definition) is 2. The molecule has 2 nitrogen and oxygen atoms in total. The molecule has 2 rings (SSSR count). The maximum atomic E-state index is 5.86. The van der Waals surface area contributed by atoms with Crippen LogP contribution in [0.1, 0.15) is 16.7 Å². The molecular weight excluding hydrogens is 216 g/mol. The predicted octanol–water partition coefficient (Wildman–Crippen LogP) is 3.56. The van der Waals surface area contributed by atoms with Crippen molar-refractivity contribution in [2.75, 3.05) is 11.1 Å². The molecule has 0 radical (unpaired) electrons. The van der Waals surface area contributed by atoms with Gasteiger partial charge < -0.3 is 11.1 Å². The van der Waals surface area contributed by atoms with E-state index < -0.39 is 0 Å². The highest BCUT2D eigenvalue weighted by atomic mass is 32.1. The summed E-state index contributed by atoms with van der Waals surface area (Å²) < 4.78 is 0. The van der Waals surface area contributed by atoms with Crippen LogP contribution < -0.4 is 11.1 Å². The van der Waals surface area contributed by atoms with E-state index in [-0.39, 0.29) is 0 Å². The number of rotatable bonds is 3. The summed E-state index contributed by atoms with van der Waals surface area (Å²) in [4.78, 5) is 0. The Labute approximate surface area is 100 Å². The van der Waals surface area contributed by atoms with Gasteiger partial charge in [-0.05, 0) is 53.4 Å². The Bertz CT molecular complexity index is 488. The van der Waals surface area contributed by atoms with Crippen LogP contribution in [0.3, 0.4) is 0 Å². The Morgan fingerprint density at radius 1 is 1.25 bits per heavy atom. The fraction of sp³-hybridized carbons (Fsp3) is 0.231. The summed E-state index contributed by atoms with van der Waals surface area (Å²) in [6, 6.07) is 5.97. The van der Waals surface area contributed by atoms with Crippen molar-refractivity contribution in [3.05, 3.63) is 45.6 Å². The SMILES string of the molecule is Cc1cscc1CNc1cccc(N)c1C. The van der Waals surface area contributed by atoms with Gasteiger partial charge in [-0.1, -0.05) is 6.07 Å². The van der Waals surface area contributed by atoms with Crippen LogP contribution in [0.2, 0.25) is 0 Å². The van der Waals surface area contributed by atoms with Gasteiger partial charge in [-0.25, -0.2) is 0 Å². The highest BCUT2D eigenvalue weighted by Crippen LogP contribution is 2.22. The lowest BCUT2D eigenvalue weighted by atomic mass is 10.1. The van der Waals surface area contributed by atoms with Gasteiger partial charge in [0.25, 0.3) is 0 Å². The van der Waals surface area contributed by atoms with E-state index >= 15 is 0 Å². The molecule has 0 saturated heterocycles. The average molecular weight is 232 g/mol. The van der Waals surface area contributed by atoms with Gasteiger partial charge in [-0.15, -0.1) is 0 Å². The van der Waals surface area contributed by atoms with Gasteiger partial charge in [-0.2, -0.15) is 11.3 Å². The number of aryl methyl sites for hydroxylation is 1. The molecule has 0 aliphatic heterocycles. The van der Waals surface area contributed by atoms with Crippen LogP contribution >= 0.6 is 11.3 Å². The number of nitrogens with one attached hydrogen (secondary N) is 1. The smallest absolute Gasteiger partial charge is 0.0411 e. The lowest BCUT2D eigenvalue weighted by Crippen LogP contribution is -2.02. The number of hydrogen-bond acceptors (Lipinski definition) is 3. The van der Waals surface area contributed by atoms with Crippen LogP contribution in [0.25, 0.3) is 0 Å². The zero-order chi connectivity index (χ0) is 11.5. The van der Waals surface area contributed by atoms with Gasteiger partial charge >= 0.3 is 0 Å². The minimum Gasteiger partial charge on any atom is -0.398 e. The zero-order valence-electron chi connectivity index (χ0n) is 9.58. The number of anilines is 2. The predicted molar refractivity (Wildman–Crippen MR) is 72.0 cm³/mol. The third-order valence-electron chi connectivity index (χ3n) is 2.81. The third-order valence-corrected chi connectivity index (χ3v) is 3.72. The molecule has 2 aromatic rings. The highest BCUT2D eigenvalue weighted by molar-refractivity contribution is 7.08. The van der Waals surface area contributed by atoms with E-state index in [0.717, 1.165) is 23.5 Å². The minimum absolute atomic E-state index is 0.840. The summed E-state index contributed by atoms with van der Waals surface area (Å²) in [7, 11) is 0. The molecule has 0 aliphatic carbocycles. The molecule has 0 atom stereocenters. The fourth-order valence-electron chi connectivity index (χ4n) is 1.60. The molecule has 0 amide bonds. The maximum Gasteiger partial charge on any atom is 0.0411 e. The second kappa shape index (κ2) is 4.58. The number of nitrogens with two attached hydrogens (primary N) is 1. The van der Waals surface area contributed by atoms with E-state index in [0.29, 0.717) is 0 Å². The molecule has 3 N–H and O–H groups in total. The molecule has 1 aromatic carbocycles. The lowest BCUT2D eigenvalue weighted by Gasteiger charge is -2.10. The average Bonchev–Trinajstić information content (AvgIpc) is 2.67. The van der Waals surface area contributed by atoms with Crippen LogP contribution in [-0.4, -0.2) is 0 Å². The molecule has 1 heterocycles. The first kappa shape index (κ1) is 11.0. The van der Waals surface area contributed by atoms with Crippen molar-refractivity contribution in [2.24, 2.45) is 0 Å². The summed E-state index contributed by atoms with van der Waals surface area (Å²) in [6.45, 7) is 5.04. The van der Waals surface area contributed by atoms with Crippen molar-refractivity contribution in [1.82, 2.24) is 0 Å². The molecule has 0 saturated carbocycles. The molecular formula is C13H16N2S. The van der Waals surface area contributed by atoms with Crippen molar-refractivity contribution < 1.29 is 0 Å². The van der Waals surface area contributed by atoms with Crippen LogP contribution in [0.5, 0.6) is 0 Å². The van der Waals surface area contributed by atoms with E-state index in [1.54, 1.807) is 11.3 Å². The van der Waals surface area contributed by atoms with Crippen molar-refractivity contribution >= 4 is 22.7 Å². The molecule has 1 aromatic heterocycles. The molecule has 0 spiro atoms. The van der Waals surface area contributed by atoms with Gasteiger partial charge in [0.1, 0.15) is 0 Å². The topological polar surface area (TPSA) is 38.0 Å². The standard InChI is InChI=1S/C13H16N2S/c1-9-7-16-8-11(9)6-15-13-5-3-4-12(14)10(13)2/h3-5,7-8,15H,6,14H2,1-2H3. The highest BCUT2D eigenvalue weighted by Gasteiger charge is 2.02. The van der Waals surface area contributed by atoms with E-state index in [2.05, 4.69) is 29.1 Å². The monoisotopic (exact) mass is 232 g/mol. The number of thiophene rings is 1. The van der Waals surface area contributed by atoms with Crippen molar-refractivity contribution in [3.63, 3.8) is 0 Å². The summed E-state index contributed by atoms with van der Waals surface area (Å²) in [6.07, 6.45) is 0. The maximum absolute atomic E-state index is 5.86. The zero-order valence-corrected chi connectivity index (χ0v) is 10.4. The van der Waals surface area contributed by atoms with Crippen LogP contribution in [0.15, 0.2) is 29.0 Å². The summed E-state index contributed by atoms with van der Waals surface area (Å²) in [5.41, 5.74) is 11.6. The first-order valence-corrected chi connectivity index (χ1v) is 6.23. The Balaban J connectivity index is 2.11. The lowest BCUT2D eigenvalue weighted by molar-refractivity contribution is 1.13. The van der Waals surface area contributed by atoms with E-state index in [9.17, 15) is 0 Å². The van der Waals surface area contributed by atoms with Gasteiger partial charge in [-0.3, -0.25) is 0 Å². The molecule has 0 fully saturated rings. The van der Waals surface area contributed by atoms with Crippen molar-refractivity contribution in [1.29, 1.82) is 0 Å². The summed E-state index contributed by atoms with van der Waals surface area (Å²) in [5.74, 6) is 0. The first-order chi connectivity index (χ1) is 7.68. The number of nitrogen functional groups attached to an aromatic ring is 1. The summed E-state index contributed by atoms with van der Waals surface area (Å²) >= 11 is 1.74. The van der Waals surface area contributed by atoms with Crippen molar-refractivity contribution in [3.8, 4) is 0 Å². The minimum atomic E-state index is 0.840. The second-order valence-corrected chi connectivity index (χ2v) is 4.70. The van der Waals surface area contributed by atoms with E-state index in [4.69, 9.17) is 5.73 Å². The van der Waals surface area contributed by atoms with Gasteiger partial charge in [0.05, 0.1) is 0 Å². The van der Waals surface area contributed by atoms with Gasteiger partial charge in [0, 0.05) is 17.9 Å². The van der Waals surface area contributed by atoms with Crippen molar-refractivity contribution in [2.45, 2.75) is 20.4 Å². The molecule has 16 heavy (non-hydrogen) atoms. The molecule has 84 valence electrons. The van der Waals surface area contributed by atoms with E-state index in [1.807, 2.05) is 19.1 Å². The molecule has 0 aliphatic rings. The normalized spacial score (nSPS) is 10.4. The first-order valence-electron chi connectivity index (χ1n) is 5.29. The van der Waals surface area contributed by atoms with E-state index in [1.165, 1.54) is 11.1 Å². The van der Waals surface area contributed by atoms with Gasteiger partial charge in [0.15, 0.2) is 0 Å². The Kier molecular flexibility index (Phi) is 3.15. The molecule has 0 bridgehead atoms. The Hall–Kier alpha value is -1.48. The number of benzene rings is 1. The Morgan fingerprint density at radius 2 is 2.06 bits per heavy atom. The van der Waals surface area contributed by atoms with Crippen LogP contribution in [0.4, 0.5) is 11.4 Å². The van der Waals surface area contributed by atoms with Crippen LogP contribution in [0, 0.1) is 13.8 Å². The third kappa shape index (κ3) is 2.19. The van der Waals surface area contributed by atoms with Gasteiger partial charge in [0.2, 0.25) is 0 Å².